The van der Waals surface area contributed by atoms with Gasteiger partial charge in [-0.05, 0) is 48.4 Å². The Morgan fingerprint density at radius 3 is 2.66 bits per heavy atom. The van der Waals surface area contributed by atoms with E-state index < -0.39 is 17.3 Å². The molecule has 0 saturated heterocycles. The summed E-state index contributed by atoms with van der Waals surface area (Å²) in [6, 6.07) is 12.0. The third-order valence-electron chi connectivity index (χ3n) is 4.03. The van der Waals surface area contributed by atoms with E-state index in [-0.39, 0.29) is 11.1 Å². The van der Waals surface area contributed by atoms with Crippen molar-refractivity contribution in [2.45, 2.75) is 13.8 Å². The van der Waals surface area contributed by atoms with Crippen LogP contribution in [0, 0.1) is 23.1 Å². The minimum Gasteiger partial charge on any atom is -0.492 e. The lowest BCUT2D eigenvalue weighted by Crippen LogP contribution is -2.24. The van der Waals surface area contributed by atoms with Crippen molar-refractivity contribution in [3.63, 3.8) is 0 Å². The maximum absolute atomic E-state index is 13.1. The number of halogens is 1. The molecular weight excluding hydrogens is 375 g/mol. The van der Waals surface area contributed by atoms with E-state index >= 15 is 0 Å². The van der Waals surface area contributed by atoms with Gasteiger partial charge in [0.25, 0.3) is 11.5 Å². The molecule has 1 aromatic heterocycles. The van der Waals surface area contributed by atoms with Gasteiger partial charge in [-0.3, -0.25) is 14.7 Å². The number of H-pyrrole nitrogens is 1. The predicted octanol–water partition coefficient (Wildman–Crippen LogP) is 3.46. The number of carbonyl (C=O) groups excluding carboxylic acids is 1. The van der Waals surface area contributed by atoms with Crippen molar-refractivity contribution in [1.82, 2.24) is 9.78 Å². The number of anilines is 1. The van der Waals surface area contributed by atoms with Crippen LogP contribution >= 0.6 is 0 Å². The summed E-state index contributed by atoms with van der Waals surface area (Å²) in [5, 5.41) is 14.6. The van der Waals surface area contributed by atoms with Crippen LogP contribution in [-0.4, -0.2) is 22.3 Å². The third kappa shape index (κ3) is 4.52. The molecule has 0 aliphatic heterocycles. The van der Waals surface area contributed by atoms with Crippen molar-refractivity contribution in [3.05, 3.63) is 76.0 Å². The maximum Gasteiger partial charge on any atom is 0.284 e. The Kier molecular flexibility index (Phi) is 5.79. The van der Waals surface area contributed by atoms with Gasteiger partial charge in [0.2, 0.25) is 0 Å². The molecule has 0 spiro atoms. The number of ether oxygens (including phenoxy) is 1. The van der Waals surface area contributed by atoms with Crippen molar-refractivity contribution in [3.8, 4) is 17.5 Å². The molecule has 148 valence electrons. The summed E-state index contributed by atoms with van der Waals surface area (Å²) < 4.78 is 19.8. The number of benzene rings is 2. The number of nitriles is 1. The van der Waals surface area contributed by atoms with Crippen molar-refractivity contribution in [1.29, 1.82) is 5.26 Å². The highest BCUT2D eigenvalue weighted by molar-refractivity contribution is 6.04. The normalized spacial score (nSPS) is 10.6. The van der Waals surface area contributed by atoms with Crippen LogP contribution in [0.4, 0.5) is 10.1 Å². The molecule has 3 aromatic rings. The second-order valence-electron chi connectivity index (χ2n) is 6.79. The van der Waals surface area contributed by atoms with E-state index in [1.54, 1.807) is 12.1 Å². The van der Waals surface area contributed by atoms with Gasteiger partial charge in [0.1, 0.15) is 23.2 Å². The molecule has 2 N–H and O–H groups in total. The first kappa shape index (κ1) is 19.9. The second kappa shape index (κ2) is 8.44. The number of amides is 1. The average molecular weight is 394 g/mol. The fourth-order valence-corrected chi connectivity index (χ4v) is 2.59. The number of nitrogens with zero attached hydrogens (tertiary/aromatic N) is 2. The van der Waals surface area contributed by atoms with Crippen LogP contribution in [0.15, 0.2) is 53.5 Å². The Labute approximate surface area is 166 Å². The van der Waals surface area contributed by atoms with Gasteiger partial charge in [0.15, 0.2) is 0 Å². The lowest BCUT2D eigenvalue weighted by Gasteiger charge is -2.11. The molecule has 7 nitrogen and oxygen atoms in total. The zero-order chi connectivity index (χ0) is 21.0. The minimum absolute atomic E-state index is 0.118. The molecule has 0 bridgehead atoms. The lowest BCUT2D eigenvalue weighted by molar-refractivity contribution is 0.102. The van der Waals surface area contributed by atoms with E-state index in [9.17, 15) is 19.2 Å². The molecule has 0 atom stereocenters. The van der Waals surface area contributed by atoms with Crippen LogP contribution in [-0.2, 0) is 0 Å². The molecule has 0 radical (unpaired) electrons. The largest absolute Gasteiger partial charge is 0.492 e. The molecule has 0 fully saturated rings. The number of carbonyl (C=O) groups is 1. The van der Waals surface area contributed by atoms with Crippen LogP contribution < -0.4 is 15.6 Å². The van der Waals surface area contributed by atoms with Crippen LogP contribution in [0.3, 0.4) is 0 Å². The van der Waals surface area contributed by atoms with Crippen LogP contribution in [0.5, 0.6) is 5.75 Å². The van der Waals surface area contributed by atoms with Crippen molar-refractivity contribution < 1.29 is 13.9 Å². The quantitative estimate of drug-likeness (QED) is 0.669. The van der Waals surface area contributed by atoms with Crippen molar-refractivity contribution in [2.75, 3.05) is 11.9 Å². The monoisotopic (exact) mass is 394 g/mol. The van der Waals surface area contributed by atoms with E-state index in [4.69, 9.17) is 4.74 Å². The van der Waals surface area contributed by atoms with Crippen LogP contribution in [0.2, 0.25) is 0 Å². The molecule has 3 rings (SSSR count). The van der Waals surface area contributed by atoms with Gasteiger partial charge in [-0.1, -0.05) is 13.8 Å². The Morgan fingerprint density at radius 1 is 1.28 bits per heavy atom. The Morgan fingerprint density at radius 2 is 2.00 bits per heavy atom. The van der Waals surface area contributed by atoms with Gasteiger partial charge in [-0.2, -0.15) is 5.26 Å². The minimum atomic E-state index is -0.633. The van der Waals surface area contributed by atoms with Gasteiger partial charge in [0, 0.05) is 11.9 Å². The van der Waals surface area contributed by atoms with E-state index in [2.05, 4.69) is 10.4 Å². The molecule has 8 heteroatoms. The predicted molar refractivity (Wildman–Crippen MR) is 106 cm³/mol. The summed E-state index contributed by atoms with van der Waals surface area (Å²) in [7, 11) is 0. The number of hydrogen-bond donors (Lipinski definition) is 2. The van der Waals surface area contributed by atoms with Crippen LogP contribution in [0.25, 0.3) is 5.69 Å². The number of hydrogen-bond acceptors (Lipinski definition) is 4. The summed E-state index contributed by atoms with van der Waals surface area (Å²) in [5.41, 5.74) is 0.340. The molecule has 0 saturated carbocycles. The van der Waals surface area contributed by atoms with Gasteiger partial charge >= 0.3 is 0 Å². The van der Waals surface area contributed by atoms with Gasteiger partial charge in [-0.15, -0.1) is 0 Å². The fraction of sp³-hybridized carbons (Fsp3) is 0.190. The lowest BCUT2D eigenvalue weighted by atomic mass is 10.2. The van der Waals surface area contributed by atoms with Gasteiger partial charge < -0.3 is 10.1 Å². The first-order valence-electron chi connectivity index (χ1n) is 8.93. The number of aromatic amines is 1. The second-order valence-corrected chi connectivity index (χ2v) is 6.79. The zero-order valence-corrected chi connectivity index (χ0v) is 15.9. The van der Waals surface area contributed by atoms with Gasteiger partial charge in [-0.25, -0.2) is 9.07 Å². The fourth-order valence-electron chi connectivity index (χ4n) is 2.59. The van der Waals surface area contributed by atoms with E-state index in [1.165, 1.54) is 36.5 Å². The van der Waals surface area contributed by atoms with Crippen LogP contribution in [0.1, 0.15) is 29.8 Å². The summed E-state index contributed by atoms with van der Waals surface area (Å²) in [5.74, 6) is -0.329. The van der Waals surface area contributed by atoms with Gasteiger partial charge in [0.05, 0.1) is 17.9 Å². The van der Waals surface area contributed by atoms with E-state index in [0.717, 1.165) is 4.68 Å². The SMILES string of the molecule is CC(C)COc1ccc(NC(=O)c2c[nH]n(-c3ccc(F)cc3)c2=O)cc1C#N. The average Bonchev–Trinajstić information content (AvgIpc) is 3.08. The molecule has 0 aliphatic rings. The summed E-state index contributed by atoms with van der Waals surface area (Å²) in [6.07, 6.45) is 1.27. The highest BCUT2D eigenvalue weighted by Crippen LogP contribution is 2.23. The smallest absolute Gasteiger partial charge is 0.284 e. The molecule has 1 amide bonds. The summed E-state index contributed by atoms with van der Waals surface area (Å²) in [6.45, 7) is 4.46. The molecule has 0 unspecified atom stereocenters. The number of aromatic nitrogens is 2. The number of rotatable bonds is 6. The topological polar surface area (TPSA) is 99.9 Å². The van der Waals surface area contributed by atoms with E-state index in [0.29, 0.717) is 29.6 Å². The van der Waals surface area contributed by atoms with E-state index in [1.807, 2.05) is 19.9 Å². The van der Waals surface area contributed by atoms with Crippen molar-refractivity contribution >= 4 is 11.6 Å². The number of nitrogens with one attached hydrogen (secondary N) is 2. The Hall–Kier alpha value is -3.86. The van der Waals surface area contributed by atoms with Crippen molar-refractivity contribution in [2.24, 2.45) is 5.92 Å². The highest BCUT2D eigenvalue weighted by Gasteiger charge is 2.16. The molecular formula is C21H19FN4O3. The molecule has 29 heavy (non-hydrogen) atoms. The zero-order valence-electron chi connectivity index (χ0n) is 15.9. The first-order valence-corrected chi connectivity index (χ1v) is 8.93. The Balaban J connectivity index is 1.79. The highest BCUT2D eigenvalue weighted by atomic mass is 19.1. The summed E-state index contributed by atoms with van der Waals surface area (Å²) in [4.78, 5) is 25.0. The maximum atomic E-state index is 13.1. The molecule has 0 aliphatic carbocycles. The molecule has 2 aromatic carbocycles. The first-order chi connectivity index (χ1) is 13.9. The standard InChI is InChI=1S/C21H19FN4O3/c1-13(2)12-29-19-8-5-16(9-14(19)10-23)25-20(27)18-11-24-26(21(18)28)17-6-3-15(22)4-7-17/h3-9,11,13,24H,12H2,1-2H3,(H,25,27). The Bertz CT molecular complexity index is 1120. The summed E-state index contributed by atoms with van der Waals surface area (Å²) >= 11 is 0. The molecule has 1 heterocycles. The third-order valence-corrected chi connectivity index (χ3v) is 4.03.